The molecule has 5 N–H and O–H groups in total. The molecular formula is C29H27N4+. The molecule has 0 bridgehead atoms. The first kappa shape index (κ1) is 20.9. The van der Waals surface area contributed by atoms with E-state index in [-0.39, 0.29) is 0 Å². The number of nitrogens with one attached hydrogen (secondary N) is 1. The lowest BCUT2D eigenvalue weighted by molar-refractivity contribution is -0.330. The fourth-order valence-corrected chi connectivity index (χ4v) is 4.23. The van der Waals surface area contributed by atoms with Gasteiger partial charge < -0.3 is 11.5 Å². The van der Waals surface area contributed by atoms with Crippen molar-refractivity contribution in [1.29, 1.82) is 0 Å². The summed E-state index contributed by atoms with van der Waals surface area (Å²) in [5.41, 5.74) is 21.5. The van der Waals surface area contributed by atoms with E-state index >= 15 is 0 Å². The quantitative estimate of drug-likeness (QED) is 0.362. The maximum atomic E-state index is 5.84. The highest BCUT2D eigenvalue weighted by Gasteiger charge is 2.19. The minimum absolute atomic E-state index is 0.538. The van der Waals surface area contributed by atoms with Gasteiger partial charge in [-0.1, -0.05) is 54.6 Å². The topological polar surface area (TPSA) is 79.1 Å². The van der Waals surface area contributed by atoms with Gasteiger partial charge in [-0.05, 0) is 59.9 Å². The third-order valence-electron chi connectivity index (χ3n) is 6.08. The number of hydrogen-bond acceptors (Lipinski definition) is 3. The zero-order chi connectivity index (χ0) is 22.6. The Kier molecular flexibility index (Phi) is 5.83. The first-order chi connectivity index (χ1) is 16.2. The molecule has 33 heavy (non-hydrogen) atoms. The Hall–Kier alpha value is -4.02. The van der Waals surface area contributed by atoms with Gasteiger partial charge in [0.05, 0.1) is 16.6 Å². The second kappa shape index (κ2) is 9.23. The first-order valence-electron chi connectivity index (χ1n) is 11.2. The van der Waals surface area contributed by atoms with Gasteiger partial charge in [0.25, 0.3) is 0 Å². The maximum Gasteiger partial charge on any atom is 0.219 e. The minimum Gasteiger partial charge on any atom is -0.399 e. The van der Waals surface area contributed by atoms with Crippen LogP contribution in [0.1, 0.15) is 16.8 Å². The summed E-state index contributed by atoms with van der Waals surface area (Å²) < 4.78 is 0. The van der Waals surface area contributed by atoms with Crippen molar-refractivity contribution in [3.8, 4) is 22.4 Å². The van der Waals surface area contributed by atoms with E-state index in [2.05, 4.69) is 77.8 Å². The molecular weight excluding hydrogens is 404 g/mol. The Morgan fingerprint density at radius 3 is 2.18 bits per heavy atom. The van der Waals surface area contributed by atoms with Crippen molar-refractivity contribution in [3.63, 3.8) is 0 Å². The Bertz CT molecular complexity index is 1380. The van der Waals surface area contributed by atoms with Gasteiger partial charge in [-0.3, -0.25) is 4.98 Å². The second-order valence-corrected chi connectivity index (χ2v) is 8.29. The first-order valence-corrected chi connectivity index (χ1v) is 11.2. The van der Waals surface area contributed by atoms with Crippen LogP contribution in [0.3, 0.4) is 0 Å². The number of benzene rings is 3. The number of rotatable bonds is 6. The number of nitrogens with zero attached hydrogens (tertiary/aromatic N) is 1. The highest BCUT2D eigenvalue weighted by atomic mass is 14.7. The molecule has 0 amide bonds. The number of aromatic nitrogens is 2. The third kappa shape index (κ3) is 4.47. The van der Waals surface area contributed by atoms with Crippen molar-refractivity contribution in [2.45, 2.75) is 19.4 Å². The average Bonchev–Trinajstić information content (AvgIpc) is 2.88. The number of aryl methyl sites for hydroxylation is 2. The van der Waals surface area contributed by atoms with Gasteiger partial charge in [-0.2, -0.15) is 0 Å². The van der Waals surface area contributed by atoms with Crippen molar-refractivity contribution in [1.82, 2.24) is 4.98 Å². The molecule has 2 heterocycles. The predicted molar refractivity (Wildman–Crippen MR) is 135 cm³/mol. The summed E-state index contributed by atoms with van der Waals surface area (Å²) >= 11 is 0. The van der Waals surface area contributed by atoms with E-state index in [0.29, 0.717) is 6.54 Å². The number of aromatic amines is 1. The maximum absolute atomic E-state index is 5.84. The van der Waals surface area contributed by atoms with E-state index in [0.717, 1.165) is 57.5 Å². The standard InChI is InChI=1S/C29H26N4/c30-19-21-6-11-23(12-7-21)29-25(22-4-2-1-3-5-22)18-26-27(32-17-16-28(26)33-29)15-10-20-8-13-24(31)14-9-20/h1-9,11-14,16-18H,10,15,19,30-31H2/p+1. The average molecular weight is 432 g/mol. The molecule has 0 saturated heterocycles. The Morgan fingerprint density at radius 2 is 1.45 bits per heavy atom. The van der Waals surface area contributed by atoms with Crippen LogP contribution in [0.4, 0.5) is 5.69 Å². The molecule has 0 aliphatic rings. The van der Waals surface area contributed by atoms with Crippen LogP contribution in [-0.4, -0.2) is 4.98 Å². The van der Waals surface area contributed by atoms with Crippen molar-refractivity contribution in [2.24, 2.45) is 5.73 Å². The number of pyridine rings is 2. The van der Waals surface area contributed by atoms with E-state index in [1.54, 1.807) is 0 Å². The van der Waals surface area contributed by atoms with Crippen LogP contribution in [0.15, 0.2) is 97.2 Å². The number of nitrogen functional groups attached to an aromatic ring is 1. The molecule has 4 nitrogen and oxygen atoms in total. The van der Waals surface area contributed by atoms with E-state index in [4.69, 9.17) is 16.5 Å². The molecule has 0 aliphatic carbocycles. The Balaban J connectivity index is 1.61. The molecule has 2 aromatic heterocycles. The van der Waals surface area contributed by atoms with Crippen molar-refractivity contribution in [2.75, 3.05) is 5.73 Å². The Labute approximate surface area is 193 Å². The van der Waals surface area contributed by atoms with Crippen LogP contribution in [0, 0.1) is 0 Å². The second-order valence-electron chi connectivity index (χ2n) is 8.29. The zero-order valence-electron chi connectivity index (χ0n) is 18.5. The number of anilines is 1. The number of fused-ring (bicyclic) bond motifs is 1. The van der Waals surface area contributed by atoms with Gasteiger partial charge in [0.1, 0.15) is 0 Å². The molecule has 3 aromatic carbocycles. The normalized spacial score (nSPS) is 11.1. The molecule has 0 fully saturated rings. The highest BCUT2D eigenvalue weighted by molar-refractivity contribution is 5.89. The van der Waals surface area contributed by atoms with Crippen LogP contribution < -0.4 is 16.5 Å². The van der Waals surface area contributed by atoms with Crippen molar-refractivity contribution in [3.05, 3.63) is 114 Å². The van der Waals surface area contributed by atoms with Crippen LogP contribution in [-0.2, 0) is 19.4 Å². The Morgan fingerprint density at radius 1 is 0.727 bits per heavy atom. The van der Waals surface area contributed by atoms with Crippen LogP contribution in [0.5, 0.6) is 0 Å². The fraction of sp³-hybridized carbons (Fsp3) is 0.103. The summed E-state index contributed by atoms with van der Waals surface area (Å²) in [6.45, 7) is 0.538. The number of nitrogens with two attached hydrogens (primary N) is 2. The van der Waals surface area contributed by atoms with Crippen LogP contribution in [0.25, 0.3) is 33.3 Å². The molecule has 0 unspecified atom stereocenters. The molecule has 0 saturated carbocycles. The van der Waals surface area contributed by atoms with E-state index in [1.807, 2.05) is 24.4 Å². The fourth-order valence-electron chi connectivity index (χ4n) is 4.23. The van der Waals surface area contributed by atoms with E-state index in [1.165, 1.54) is 11.1 Å². The summed E-state index contributed by atoms with van der Waals surface area (Å²) in [5.74, 6) is 0. The molecule has 0 atom stereocenters. The number of H-pyrrole nitrogens is 1. The SMILES string of the molecule is NCc1ccc(-c2[nH+]c3ccnc(CCc4ccc(N)cc4)c3cc2-c2ccccc2)cc1. The number of hydrogen-bond donors (Lipinski definition) is 2. The van der Waals surface area contributed by atoms with Gasteiger partial charge in [0.15, 0.2) is 0 Å². The largest absolute Gasteiger partial charge is 0.399 e. The lowest BCUT2D eigenvalue weighted by Gasteiger charge is -2.10. The summed E-state index contributed by atoms with van der Waals surface area (Å²) in [5, 5.41) is 1.15. The van der Waals surface area contributed by atoms with E-state index < -0.39 is 0 Å². The summed E-state index contributed by atoms with van der Waals surface area (Å²) in [6, 6.07) is 31.4. The summed E-state index contributed by atoms with van der Waals surface area (Å²) in [7, 11) is 0. The van der Waals surface area contributed by atoms with Crippen molar-refractivity contribution >= 4 is 16.6 Å². The summed E-state index contributed by atoms with van der Waals surface area (Å²) in [6.07, 6.45) is 3.66. The third-order valence-corrected chi connectivity index (χ3v) is 6.08. The predicted octanol–water partition coefficient (Wildman–Crippen LogP) is 5.21. The van der Waals surface area contributed by atoms with Gasteiger partial charge in [-0.25, -0.2) is 4.98 Å². The highest BCUT2D eigenvalue weighted by Crippen LogP contribution is 2.32. The summed E-state index contributed by atoms with van der Waals surface area (Å²) in [4.78, 5) is 8.45. The van der Waals surface area contributed by atoms with Gasteiger partial charge in [0, 0.05) is 30.1 Å². The lowest BCUT2D eigenvalue weighted by atomic mass is 9.96. The minimum atomic E-state index is 0.538. The van der Waals surface area contributed by atoms with Gasteiger partial charge in [0.2, 0.25) is 11.2 Å². The van der Waals surface area contributed by atoms with E-state index in [9.17, 15) is 0 Å². The molecule has 0 radical (unpaired) electrons. The van der Waals surface area contributed by atoms with Crippen molar-refractivity contribution < 1.29 is 4.98 Å². The van der Waals surface area contributed by atoms with Gasteiger partial charge in [-0.15, -0.1) is 0 Å². The molecule has 0 aliphatic heterocycles. The smallest absolute Gasteiger partial charge is 0.219 e. The molecule has 162 valence electrons. The zero-order valence-corrected chi connectivity index (χ0v) is 18.5. The molecule has 4 heteroatoms. The van der Waals surface area contributed by atoms with Gasteiger partial charge >= 0.3 is 0 Å². The monoisotopic (exact) mass is 431 g/mol. The lowest BCUT2D eigenvalue weighted by Crippen LogP contribution is -2.12. The molecule has 0 spiro atoms. The molecule has 5 rings (SSSR count). The molecule has 5 aromatic rings. The van der Waals surface area contributed by atoms with Crippen LogP contribution in [0.2, 0.25) is 0 Å². The van der Waals surface area contributed by atoms with Crippen LogP contribution >= 0.6 is 0 Å².